The number of hydrogen-bond donors (Lipinski definition) is 6. The van der Waals surface area contributed by atoms with Crippen molar-refractivity contribution < 1.29 is 39.3 Å². The molecular formula is C17H28N4O8. The minimum Gasteiger partial charge on any atom is -0.481 e. The van der Waals surface area contributed by atoms with Crippen LogP contribution >= 0.6 is 0 Å². The second-order valence-corrected chi connectivity index (χ2v) is 7.02. The van der Waals surface area contributed by atoms with Crippen LogP contribution in [0.2, 0.25) is 0 Å². The maximum Gasteiger partial charge on any atom is 0.326 e. The number of carbonyl (C=O) groups excluding carboxylic acids is 3. The van der Waals surface area contributed by atoms with Crippen molar-refractivity contribution in [3.63, 3.8) is 0 Å². The van der Waals surface area contributed by atoms with Crippen molar-refractivity contribution in [3.05, 3.63) is 0 Å². The molecule has 0 saturated carbocycles. The number of aliphatic hydroxyl groups excluding tert-OH is 1. The minimum atomic E-state index is -1.43. The van der Waals surface area contributed by atoms with E-state index in [0.29, 0.717) is 12.8 Å². The molecular weight excluding hydrogens is 388 g/mol. The first kappa shape index (κ1) is 24.3. The van der Waals surface area contributed by atoms with E-state index in [1.807, 2.05) is 0 Å². The molecule has 0 aliphatic carbocycles. The van der Waals surface area contributed by atoms with Crippen LogP contribution in [0.3, 0.4) is 0 Å². The van der Waals surface area contributed by atoms with Gasteiger partial charge < -0.3 is 36.6 Å². The molecule has 1 saturated heterocycles. The highest BCUT2D eigenvalue weighted by atomic mass is 16.4. The normalized spacial score (nSPS) is 20.3. The summed E-state index contributed by atoms with van der Waals surface area (Å²) < 4.78 is 0. The summed E-state index contributed by atoms with van der Waals surface area (Å²) in [6.07, 6.45) is -0.972. The molecule has 1 fully saturated rings. The summed E-state index contributed by atoms with van der Waals surface area (Å²) in [7, 11) is 0. The maximum atomic E-state index is 12.5. The first-order valence-electron chi connectivity index (χ1n) is 9.25. The van der Waals surface area contributed by atoms with E-state index in [1.165, 1.54) is 18.7 Å². The summed E-state index contributed by atoms with van der Waals surface area (Å²) in [6.45, 7) is 2.88. The predicted octanol–water partition coefficient (Wildman–Crippen LogP) is -2.38. The van der Waals surface area contributed by atoms with E-state index in [4.69, 9.17) is 10.8 Å². The Kier molecular flexibility index (Phi) is 8.98. The van der Waals surface area contributed by atoms with Crippen molar-refractivity contribution in [3.8, 4) is 0 Å². The Bertz CT molecular complexity index is 653. The Labute approximate surface area is 167 Å². The first-order chi connectivity index (χ1) is 13.5. The maximum absolute atomic E-state index is 12.5. The van der Waals surface area contributed by atoms with Crippen molar-refractivity contribution in [2.45, 2.75) is 69.8 Å². The molecule has 0 aromatic carbocycles. The minimum absolute atomic E-state index is 0.157. The Morgan fingerprint density at radius 2 is 1.72 bits per heavy atom. The number of amides is 3. The smallest absolute Gasteiger partial charge is 0.326 e. The second kappa shape index (κ2) is 10.7. The predicted molar refractivity (Wildman–Crippen MR) is 98.4 cm³/mol. The van der Waals surface area contributed by atoms with Crippen molar-refractivity contribution >= 4 is 29.7 Å². The van der Waals surface area contributed by atoms with Gasteiger partial charge in [-0.3, -0.25) is 19.2 Å². The zero-order valence-corrected chi connectivity index (χ0v) is 16.3. The lowest BCUT2D eigenvalue weighted by Crippen LogP contribution is -2.59. The fraction of sp³-hybridized carbons (Fsp3) is 0.706. The number of nitrogens with zero attached hydrogens (tertiary/aromatic N) is 1. The second-order valence-electron chi connectivity index (χ2n) is 7.02. The molecule has 1 heterocycles. The molecule has 164 valence electrons. The molecule has 1 aliphatic rings. The number of likely N-dealkylation sites (tertiary alicyclic amines) is 1. The third-order valence-electron chi connectivity index (χ3n) is 4.62. The van der Waals surface area contributed by atoms with Crippen molar-refractivity contribution in [1.82, 2.24) is 15.5 Å². The van der Waals surface area contributed by atoms with Crippen LogP contribution in [0.15, 0.2) is 0 Å². The molecule has 0 aromatic rings. The van der Waals surface area contributed by atoms with E-state index >= 15 is 0 Å². The average Bonchev–Trinajstić information content (AvgIpc) is 3.12. The third-order valence-corrected chi connectivity index (χ3v) is 4.62. The van der Waals surface area contributed by atoms with Gasteiger partial charge in [-0.05, 0) is 33.1 Å². The first-order valence-corrected chi connectivity index (χ1v) is 9.25. The fourth-order valence-electron chi connectivity index (χ4n) is 2.98. The standard InChI is InChI=1S/C17H28N4O8/c1-8(16(27)21-7-3-4-11(21)17(28)29)19-15(26)13(9(2)22)20-14(25)10(18)5-6-12(23)24/h8-11,13,22H,3-7,18H2,1-2H3,(H,19,26)(H,20,25)(H,23,24)(H,28,29). The molecule has 29 heavy (non-hydrogen) atoms. The lowest BCUT2D eigenvalue weighted by atomic mass is 10.1. The number of aliphatic carboxylic acids is 2. The Morgan fingerprint density at radius 3 is 2.24 bits per heavy atom. The highest BCUT2D eigenvalue weighted by molar-refractivity contribution is 5.94. The molecule has 1 rings (SSSR count). The van der Waals surface area contributed by atoms with Gasteiger partial charge in [-0.15, -0.1) is 0 Å². The van der Waals surface area contributed by atoms with E-state index in [0.717, 1.165) is 0 Å². The van der Waals surface area contributed by atoms with Gasteiger partial charge in [-0.2, -0.15) is 0 Å². The van der Waals surface area contributed by atoms with E-state index in [1.54, 1.807) is 0 Å². The molecule has 5 unspecified atom stereocenters. The molecule has 0 radical (unpaired) electrons. The van der Waals surface area contributed by atoms with Crippen LogP contribution in [0.1, 0.15) is 39.5 Å². The van der Waals surface area contributed by atoms with Crippen LogP contribution in [0, 0.1) is 0 Å². The van der Waals surface area contributed by atoms with Gasteiger partial charge in [-0.25, -0.2) is 4.79 Å². The molecule has 12 heteroatoms. The summed E-state index contributed by atoms with van der Waals surface area (Å²) in [5.41, 5.74) is 5.58. The summed E-state index contributed by atoms with van der Waals surface area (Å²) in [4.78, 5) is 60.0. The quantitative estimate of drug-likeness (QED) is 0.225. The van der Waals surface area contributed by atoms with Crippen LogP contribution in [-0.4, -0.2) is 86.7 Å². The largest absolute Gasteiger partial charge is 0.481 e. The average molecular weight is 416 g/mol. The molecule has 0 spiro atoms. The lowest BCUT2D eigenvalue weighted by molar-refractivity contribution is -0.149. The molecule has 3 amide bonds. The molecule has 12 nitrogen and oxygen atoms in total. The van der Waals surface area contributed by atoms with Crippen molar-refractivity contribution in [2.75, 3.05) is 6.54 Å². The van der Waals surface area contributed by atoms with Gasteiger partial charge >= 0.3 is 11.9 Å². The van der Waals surface area contributed by atoms with E-state index in [2.05, 4.69) is 10.6 Å². The van der Waals surface area contributed by atoms with E-state index in [-0.39, 0.29) is 19.4 Å². The van der Waals surface area contributed by atoms with Crippen LogP contribution in [0.25, 0.3) is 0 Å². The topological polar surface area (TPSA) is 199 Å². The molecule has 0 bridgehead atoms. The van der Waals surface area contributed by atoms with Gasteiger partial charge in [0.15, 0.2) is 0 Å². The third kappa shape index (κ3) is 6.98. The zero-order valence-electron chi connectivity index (χ0n) is 16.3. The molecule has 1 aliphatic heterocycles. The van der Waals surface area contributed by atoms with Gasteiger partial charge in [0.05, 0.1) is 12.1 Å². The summed E-state index contributed by atoms with van der Waals surface area (Å²) in [5, 5.41) is 32.2. The van der Waals surface area contributed by atoms with Crippen molar-refractivity contribution in [1.29, 1.82) is 0 Å². The number of hydrogen-bond acceptors (Lipinski definition) is 7. The number of rotatable bonds is 10. The van der Waals surface area contributed by atoms with Crippen LogP contribution in [0.4, 0.5) is 0 Å². The number of aliphatic hydroxyl groups is 1. The molecule has 5 atom stereocenters. The summed E-state index contributed by atoms with van der Waals surface area (Å²) in [5.74, 6) is -4.52. The highest BCUT2D eigenvalue weighted by Crippen LogP contribution is 2.18. The SMILES string of the molecule is CC(NC(=O)C(NC(=O)C(N)CCC(=O)O)C(C)O)C(=O)N1CCCC1C(=O)O. The molecule has 7 N–H and O–H groups in total. The number of carboxylic acid groups (broad SMARTS) is 2. The highest BCUT2D eigenvalue weighted by Gasteiger charge is 2.37. The number of nitrogens with one attached hydrogen (secondary N) is 2. The van der Waals surface area contributed by atoms with Gasteiger partial charge in [0, 0.05) is 13.0 Å². The Hall–Kier alpha value is -2.73. The lowest BCUT2D eigenvalue weighted by Gasteiger charge is -2.27. The Morgan fingerprint density at radius 1 is 1.10 bits per heavy atom. The van der Waals surface area contributed by atoms with Gasteiger partial charge in [0.2, 0.25) is 17.7 Å². The number of nitrogens with two attached hydrogens (primary N) is 1. The van der Waals surface area contributed by atoms with Crippen molar-refractivity contribution in [2.24, 2.45) is 5.73 Å². The number of carbonyl (C=O) groups is 5. The van der Waals surface area contributed by atoms with E-state index < -0.39 is 59.9 Å². The van der Waals surface area contributed by atoms with Gasteiger partial charge in [-0.1, -0.05) is 0 Å². The van der Waals surface area contributed by atoms with Gasteiger partial charge in [0.25, 0.3) is 0 Å². The summed E-state index contributed by atoms with van der Waals surface area (Å²) in [6, 6.07) is -4.66. The van der Waals surface area contributed by atoms with Crippen LogP contribution in [-0.2, 0) is 24.0 Å². The zero-order chi connectivity index (χ0) is 22.3. The fourth-order valence-corrected chi connectivity index (χ4v) is 2.98. The monoisotopic (exact) mass is 416 g/mol. The summed E-state index contributed by atoms with van der Waals surface area (Å²) >= 11 is 0. The van der Waals surface area contributed by atoms with Crippen LogP contribution < -0.4 is 16.4 Å². The van der Waals surface area contributed by atoms with Crippen LogP contribution in [0.5, 0.6) is 0 Å². The molecule has 0 aromatic heterocycles. The van der Waals surface area contributed by atoms with Gasteiger partial charge in [0.1, 0.15) is 18.1 Å². The number of carboxylic acids is 2. The van der Waals surface area contributed by atoms with E-state index in [9.17, 15) is 34.2 Å². The Balaban J connectivity index is 2.71.